The fraction of sp³-hybridized carbons (Fsp3) is 0.481. The monoisotopic (exact) mass is 452 g/mol. The third-order valence-corrected chi connectivity index (χ3v) is 5.25. The van der Waals surface area contributed by atoms with Gasteiger partial charge in [0.25, 0.3) is 0 Å². The van der Waals surface area contributed by atoms with Crippen molar-refractivity contribution in [2.75, 3.05) is 0 Å². The quantitative estimate of drug-likeness (QED) is 0.192. The highest BCUT2D eigenvalue weighted by molar-refractivity contribution is 5.83. The van der Waals surface area contributed by atoms with Crippen molar-refractivity contribution in [1.82, 2.24) is 9.97 Å². The fourth-order valence-corrected chi connectivity index (χ4v) is 3.27. The van der Waals surface area contributed by atoms with Crippen molar-refractivity contribution in [3.63, 3.8) is 0 Å². The first-order valence-electron chi connectivity index (χ1n) is 12.0. The Kier molecular flexibility index (Phi) is 11.9. The summed E-state index contributed by atoms with van der Waals surface area (Å²) in [7, 11) is 0. The summed E-state index contributed by atoms with van der Waals surface area (Å²) >= 11 is 0. The molecule has 178 valence electrons. The van der Waals surface area contributed by atoms with E-state index in [1.165, 1.54) is 44.2 Å². The van der Waals surface area contributed by atoms with Gasteiger partial charge >= 0.3 is 11.9 Å². The molecule has 33 heavy (non-hydrogen) atoms. The lowest BCUT2D eigenvalue weighted by atomic mass is 10.1. The molecular formula is C27H36N2O4. The number of aromatic nitrogens is 2. The molecule has 0 spiro atoms. The van der Waals surface area contributed by atoms with Gasteiger partial charge in [0, 0.05) is 18.1 Å². The van der Waals surface area contributed by atoms with Crippen molar-refractivity contribution in [1.29, 1.82) is 0 Å². The minimum atomic E-state index is -0.414. The number of nitrogens with zero attached hydrogens (tertiary/aromatic N) is 2. The van der Waals surface area contributed by atoms with E-state index < -0.39 is 5.97 Å². The summed E-state index contributed by atoms with van der Waals surface area (Å²) in [4.78, 5) is 31.9. The highest BCUT2D eigenvalue weighted by Crippen LogP contribution is 2.19. The molecule has 0 saturated carbocycles. The van der Waals surface area contributed by atoms with Crippen LogP contribution < -0.4 is 4.74 Å². The Morgan fingerprint density at radius 2 is 1.70 bits per heavy atom. The molecule has 0 aliphatic heterocycles. The van der Waals surface area contributed by atoms with E-state index in [0.717, 1.165) is 36.8 Å². The van der Waals surface area contributed by atoms with Gasteiger partial charge in [0.1, 0.15) is 0 Å². The first-order chi connectivity index (χ1) is 16.0. The Bertz CT molecular complexity index is 876. The third kappa shape index (κ3) is 10.4. The predicted octanol–water partition coefficient (Wildman–Crippen LogP) is 6.24. The van der Waals surface area contributed by atoms with Crippen LogP contribution in [0.5, 0.6) is 5.75 Å². The maximum Gasteiger partial charge on any atom is 0.335 e. The molecule has 1 unspecified atom stereocenters. The lowest BCUT2D eigenvalue weighted by Crippen LogP contribution is -2.14. The molecule has 0 amide bonds. The van der Waals surface area contributed by atoms with Crippen LogP contribution in [0.4, 0.5) is 0 Å². The van der Waals surface area contributed by atoms with E-state index in [9.17, 15) is 9.59 Å². The van der Waals surface area contributed by atoms with Crippen molar-refractivity contribution < 1.29 is 19.1 Å². The Morgan fingerprint density at radius 1 is 1.00 bits per heavy atom. The van der Waals surface area contributed by atoms with E-state index in [-0.39, 0.29) is 12.1 Å². The number of carbonyl (C=O) groups excluding carboxylic acids is 2. The van der Waals surface area contributed by atoms with E-state index >= 15 is 0 Å². The van der Waals surface area contributed by atoms with Crippen LogP contribution in [0.3, 0.4) is 0 Å². The summed E-state index contributed by atoms with van der Waals surface area (Å²) < 4.78 is 10.6. The van der Waals surface area contributed by atoms with E-state index in [4.69, 9.17) is 9.47 Å². The first-order valence-corrected chi connectivity index (χ1v) is 12.0. The number of benzene rings is 1. The van der Waals surface area contributed by atoms with Crippen LogP contribution >= 0.6 is 0 Å². The minimum absolute atomic E-state index is 0.101. The molecule has 2 rings (SSSR count). The zero-order valence-corrected chi connectivity index (χ0v) is 20.1. The number of unbranched alkanes of at least 4 members (excludes halogenated alkanes) is 5. The van der Waals surface area contributed by atoms with Gasteiger partial charge < -0.3 is 9.47 Å². The SMILES string of the molecule is CCCCCCCC=CC(=O)Oc1cnc(-c2ccc(CCC(C)OC(=O)CC)cc2)nc1. The van der Waals surface area contributed by atoms with Crippen LogP contribution in [0.1, 0.15) is 77.7 Å². The Labute approximate surface area is 197 Å². The van der Waals surface area contributed by atoms with E-state index in [2.05, 4.69) is 16.9 Å². The maximum atomic E-state index is 11.9. The van der Waals surface area contributed by atoms with E-state index in [1.807, 2.05) is 37.3 Å². The van der Waals surface area contributed by atoms with Crippen LogP contribution in [0, 0.1) is 0 Å². The summed E-state index contributed by atoms with van der Waals surface area (Å²) in [5.41, 5.74) is 2.03. The number of ether oxygens (including phenoxy) is 2. The molecule has 1 heterocycles. The highest BCUT2D eigenvalue weighted by Gasteiger charge is 2.09. The minimum Gasteiger partial charge on any atom is -0.463 e. The van der Waals surface area contributed by atoms with Gasteiger partial charge in [-0.05, 0) is 38.2 Å². The molecule has 0 bridgehead atoms. The number of esters is 2. The molecule has 6 heteroatoms. The first kappa shape index (κ1) is 26.2. The van der Waals surface area contributed by atoms with Crippen LogP contribution in [0.15, 0.2) is 48.8 Å². The summed E-state index contributed by atoms with van der Waals surface area (Å²) in [6, 6.07) is 7.97. The Balaban J connectivity index is 1.78. The third-order valence-electron chi connectivity index (χ3n) is 5.25. The van der Waals surface area contributed by atoms with Crippen molar-refractivity contribution >= 4 is 11.9 Å². The average Bonchev–Trinajstić information content (AvgIpc) is 2.83. The number of allylic oxidation sites excluding steroid dienone is 1. The zero-order chi connectivity index (χ0) is 23.9. The van der Waals surface area contributed by atoms with Crippen molar-refractivity contribution in [3.8, 4) is 17.1 Å². The summed E-state index contributed by atoms with van der Waals surface area (Å²) in [6.45, 7) is 5.90. The second kappa shape index (κ2) is 14.9. The molecule has 0 fully saturated rings. The maximum absolute atomic E-state index is 11.9. The van der Waals surface area contributed by atoms with Gasteiger partial charge in [-0.25, -0.2) is 14.8 Å². The lowest BCUT2D eigenvalue weighted by molar-refractivity contribution is -0.148. The number of hydrogen-bond acceptors (Lipinski definition) is 6. The Morgan fingerprint density at radius 3 is 2.36 bits per heavy atom. The van der Waals surface area contributed by atoms with Crippen LogP contribution in [-0.2, 0) is 20.7 Å². The number of carbonyl (C=O) groups is 2. The van der Waals surface area contributed by atoms with Crippen LogP contribution in [0.25, 0.3) is 11.4 Å². The van der Waals surface area contributed by atoms with E-state index in [0.29, 0.717) is 18.0 Å². The second-order valence-electron chi connectivity index (χ2n) is 8.16. The number of rotatable bonds is 14. The molecule has 0 radical (unpaired) electrons. The molecule has 6 nitrogen and oxygen atoms in total. The number of aryl methyl sites for hydroxylation is 1. The molecule has 0 aliphatic carbocycles. The molecule has 0 saturated heterocycles. The van der Waals surface area contributed by atoms with Crippen molar-refractivity contribution in [2.45, 2.75) is 84.7 Å². The summed E-state index contributed by atoms with van der Waals surface area (Å²) in [6.07, 6.45) is 15.1. The molecular weight excluding hydrogens is 416 g/mol. The highest BCUT2D eigenvalue weighted by atomic mass is 16.5. The number of hydrogen-bond donors (Lipinski definition) is 0. The van der Waals surface area contributed by atoms with Gasteiger partial charge in [-0.2, -0.15) is 0 Å². The molecule has 1 aromatic carbocycles. The molecule has 2 aromatic rings. The summed E-state index contributed by atoms with van der Waals surface area (Å²) in [5.74, 6) is 0.304. The largest absolute Gasteiger partial charge is 0.463 e. The van der Waals surface area contributed by atoms with Gasteiger partial charge in [0.2, 0.25) is 0 Å². The fourth-order valence-electron chi connectivity index (χ4n) is 3.27. The van der Waals surface area contributed by atoms with E-state index in [1.54, 1.807) is 6.92 Å². The zero-order valence-electron chi connectivity index (χ0n) is 20.1. The van der Waals surface area contributed by atoms with Gasteiger partial charge in [0.05, 0.1) is 18.5 Å². The molecule has 0 N–H and O–H groups in total. The second-order valence-corrected chi connectivity index (χ2v) is 8.16. The van der Waals surface area contributed by atoms with Gasteiger partial charge in [-0.3, -0.25) is 4.79 Å². The summed E-state index contributed by atoms with van der Waals surface area (Å²) in [5, 5.41) is 0. The van der Waals surface area contributed by atoms with Gasteiger partial charge in [-0.15, -0.1) is 0 Å². The van der Waals surface area contributed by atoms with Crippen molar-refractivity contribution in [2.24, 2.45) is 0 Å². The molecule has 0 aliphatic rings. The van der Waals surface area contributed by atoms with Crippen molar-refractivity contribution in [3.05, 3.63) is 54.4 Å². The van der Waals surface area contributed by atoms with Crippen LogP contribution in [-0.4, -0.2) is 28.0 Å². The average molecular weight is 453 g/mol. The lowest BCUT2D eigenvalue weighted by Gasteiger charge is -2.12. The smallest absolute Gasteiger partial charge is 0.335 e. The molecule has 1 aromatic heterocycles. The van der Waals surface area contributed by atoms with Crippen LogP contribution in [0.2, 0.25) is 0 Å². The van der Waals surface area contributed by atoms with Gasteiger partial charge in [-0.1, -0.05) is 69.9 Å². The standard InChI is InChI=1S/C27H36N2O4/c1-4-6-7-8-9-10-11-12-26(31)33-24-19-28-27(29-20-24)23-17-15-22(16-18-23)14-13-21(3)32-25(30)5-2/h11-12,15-21H,4-10,13-14H2,1-3H3. The topological polar surface area (TPSA) is 78.4 Å². The Hall–Kier alpha value is -3.02. The van der Waals surface area contributed by atoms with Gasteiger partial charge in [0.15, 0.2) is 11.6 Å². The predicted molar refractivity (Wildman–Crippen MR) is 130 cm³/mol. The normalized spacial score (nSPS) is 12.0. The molecule has 1 atom stereocenters.